The number of benzene rings is 2. The lowest BCUT2D eigenvalue weighted by Crippen LogP contribution is -2.38. The van der Waals surface area contributed by atoms with Crippen LogP contribution in [0.5, 0.6) is 11.5 Å². The van der Waals surface area contributed by atoms with Gasteiger partial charge in [-0.3, -0.25) is 4.79 Å². The first kappa shape index (κ1) is 20.8. The number of carbonyl (C=O) groups is 1. The highest BCUT2D eigenvalue weighted by molar-refractivity contribution is 5.80. The summed E-state index contributed by atoms with van der Waals surface area (Å²) >= 11 is 0. The van der Waals surface area contributed by atoms with Crippen LogP contribution in [0.2, 0.25) is 0 Å². The maximum absolute atomic E-state index is 12.2. The Labute approximate surface area is 162 Å². The normalized spacial score (nSPS) is 12.4. The monoisotopic (exact) mass is 369 g/mol. The zero-order chi connectivity index (χ0) is 20.0. The minimum Gasteiger partial charge on any atom is -0.491 e. The molecule has 4 nitrogen and oxygen atoms in total. The van der Waals surface area contributed by atoms with Gasteiger partial charge < -0.3 is 14.8 Å². The van der Waals surface area contributed by atoms with E-state index in [4.69, 9.17) is 9.47 Å². The third-order valence-corrected chi connectivity index (χ3v) is 4.62. The Bertz CT molecular complexity index is 760. The van der Waals surface area contributed by atoms with Gasteiger partial charge in [0.2, 0.25) is 0 Å². The molecule has 2 aromatic rings. The van der Waals surface area contributed by atoms with E-state index < -0.39 is 6.10 Å². The van der Waals surface area contributed by atoms with Crippen molar-refractivity contribution in [3.05, 3.63) is 59.2 Å². The van der Waals surface area contributed by atoms with E-state index in [1.165, 1.54) is 11.1 Å². The van der Waals surface area contributed by atoms with Crippen LogP contribution < -0.4 is 14.8 Å². The smallest absolute Gasteiger partial charge is 0.260 e. The van der Waals surface area contributed by atoms with E-state index in [2.05, 4.69) is 39.1 Å². The molecule has 0 aliphatic rings. The molecular formula is C23H31NO3. The van der Waals surface area contributed by atoms with E-state index in [0.717, 1.165) is 11.3 Å². The third kappa shape index (κ3) is 6.02. The van der Waals surface area contributed by atoms with Gasteiger partial charge in [0.1, 0.15) is 18.1 Å². The Morgan fingerprint density at radius 2 is 1.74 bits per heavy atom. The summed E-state index contributed by atoms with van der Waals surface area (Å²) in [6, 6.07) is 13.9. The van der Waals surface area contributed by atoms with Crippen molar-refractivity contribution in [3.63, 3.8) is 0 Å². The minimum atomic E-state index is -0.564. The van der Waals surface area contributed by atoms with Crippen molar-refractivity contribution in [2.45, 2.75) is 53.1 Å². The summed E-state index contributed by atoms with van der Waals surface area (Å²) in [5.74, 6) is 1.39. The molecule has 1 N–H and O–H groups in total. The zero-order valence-electron chi connectivity index (χ0n) is 17.3. The molecule has 0 radical (unpaired) electrons. The van der Waals surface area contributed by atoms with Crippen LogP contribution >= 0.6 is 0 Å². The van der Waals surface area contributed by atoms with E-state index in [0.29, 0.717) is 18.9 Å². The largest absolute Gasteiger partial charge is 0.491 e. The number of nitrogens with one attached hydrogen (secondary N) is 1. The lowest BCUT2D eigenvalue weighted by Gasteiger charge is -2.20. The number of aryl methyl sites for hydroxylation is 1. The fraction of sp³-hybridized carbons (Fsp3) is 0.435. The first-order chi connectivity index (χ1) is 12.7. The number of carbonyl (C=O) groups excluding carboxylic acids is 1. The first-order valence-corrected chi connectivity index (χ1v) is 9.42. The topological polar surface area (TPSA) is 47.6 Å². The van der Waals surface area contributed by atoms with Gasteiger partial charge in [-0.05, 0) is 61.1 Å². The second-order valence-electron chi connectivity index (χ2n) is 7.87. The highest BCUT2D eigenvalue weighted by Crippen LogP contribution is 2.24. The molecule has 2 aromatic carbocycles. The fourth-order valence-electron chi connectivity index (χ4n) is 2.65. The second-order valence-corrected chi connectivity index (χ2v) is 7.87. The van der Waals surface area contributed by atoms with Gasteiger partial charge in [-0.1, -0.05) is 45.0 Å². The van der Waals surface area contributed by atoms with Crippen LogP contribution in [0.25, 0.3) is 0 Å². The summed E-state index contributed by atoms with van der Waals surface area (Å²) in [5.41, 5.74) is 3.64. The number of hydrogen-bond acceptors (Lipinski definition) is 3. The van der Waals surface area contributed by atoms with Crippen LogP contribution in [0, 0.1) is 13.8 Å². The second kappa shape index (κ2) is 8.94. The van der Waals surface area contributed by atoms with Gasteiger partial charge in [-0.2, -0.15) is 0 Å². The van der Waals surface area contributed by atoms with Crippen LogP contribution in [-0.4, -0.2) is 25.2 Å². The van der Waals surface area contributed by atoms with Crippen molar-refractivity contribution in [1.29, 1.82) is 0 Å². The van der Waals surface area contributed by atoms with Crippen molar-refractivity contribution < 1.29 is 14.3 Å². The zero-order valence-corrected chi connectivity index (χ0v) is 17.3. The summed E-state index contributed by atoms with van der Waals surface area (Å²) in [7, 11) is 0. The lowest BCUT2D eigenvalue weighted by atomic mass is 9.87. The van der Waals surface area contributed by atoms with Gasteiger partial charge in [0.25, 0.3) is 5.91 Å². The van der Waals surface area contributed by atoms with Crippen LogP contribution in [0.15, 0.2) is 42.5 Å². The van der Waals surface area contributed by atoms with E-state index in [1.807, 2.05) is 43.3 Å². The van der Waals surface area contributed by atoms with Crippen LogP contribution in [-0.2, 0) is 10.2 Å². The molecule has 0 aromatic heterocycles. The molecule has 0 aliphatic carbocycles. The predicted molar refractivity (Wildman–Crippen MR) is 110 cm³/mol. The molecule has 0 heterocycles. The molecule has 0 spiro atoms. The summed E-state index contributed by atoms with van der Waals surface area (Å²) < 4.78 is 11.5. The Kier molecular flexibility index (Phi) is 6.89. The Morgan fingerprint density at radius 3 is 2.37 bits per heavy atom. The average molecular weight is 370 g/mol. The van der Waals surface area contributed by atoms with Crippen molar-refractivity contribution >= 4 is 5.91 Å². The predicted octanol–water partition coefficient (Wildman–Crippen LogP) is 4.56. The molecule has 1 atom stereocenters. The molecule has 1 amide bonds. The molecule has 0 unspecified atom stereocenters. The van der Waals surface area contributed by atoms with Crippen LogP contribution in [0.1, 0.15) is 44.4 Å². The molecule has 0 aliphatic heterocycles. The molecule has 146 valence electrons. The molecule has 0 saturated heterocycles. The summed E-state index contributed by atoms with van der Waals surface area (Å²) in [4.78, 5) is 12.2. The molecule has 4 heteroatoms. The average Bonchev–Trinajstić information content (AvgIpc) is 2.61. The molecule has 0 saturated carbocycles. The van der Waals surface area contributed by atoms with Crippen molar-refractivity contribution in [2.24, 2.45) is 0 Å². The molecular weight excluding hydrogens is 338 g/mol. The van der Waals surface area contributed by atoms with E-state index in [9.17, 15) is 4.79 Å². The van der Waals surface area contributed by atoms with E-state index >= 15 is 0 Å². The van der Waals surface area contributed by atoms with E-state index in [1.54, 1.807) is 6.92 Å². The molecule has 27 heavy (non-hydrogen) atoms. The molecule has 0 fully saturated rings. The number of rotatable bonds is 7. The maximum Gasteiger partial charge on any atom is 0.260 e. The SMILES string of the molecule is Cc1cccc(OCCNC(=O)[C@H](C)Oc2ccc(C(C)(C)C)cc2)c1C. The van der Waals surface area contributed by atoms with Gasteiger partial charge in [0.05, 0.1) is 6.54 Å². The third-order valence-electron chi connectivity index (χ3n) is 4.62. The summed E-state index contributed by atoms with van der Waals surface area (Å²) in [6.45, 7) is 13.2. The van der Waals surface area contributed by atoms with Crippen molar-refractivity contribution in [2.75, 3.05) is 13.2 Å². The maximum atomic E-state index is 12.2. The lowest BCUT2D eigenvalue weighted by molar-refractivity contribution is -0.127. The fourth-order valence-corrected chi connectivity index (χ4v) is 2.65. The number of hydrogen-bond donors (Lipinski definition) is 1. The van der Waals surface area contributed by atoms with Crippen molar-refractivity contribution in [1.82, 2.24) is 5.32 Å². The van der Waals surface area contributed by atoms with Crippen LogP contribution in [0.3, 0.4) is 0 Å². The summed E-state index contributed by atoms with van der Waals surface area (Å²) in [5, 5.41) is 2.85. The minimum absolute atomic E-state index is 0.0944. The highest BCUT2D eigenvalue weighted by atomic mass is 16.5. The standard InChI is InChI=1S/C23H31NO3/c1-16-8-7-9-21(17(16)2)26-15-14-24-22(25)18(3)27-20-12-10-19(11-13-20)23(4,5)6/h7-13,18H,14-15H2,1-6H3,(H,24,25)/t18-/m0/s1. The van der Waals surface area contributed by atoms with Gasteiger partial charge in [0.15, 0.2) is 6.10 Å². The van der Waals surface area contributed by atoms with E-state index in [-0.39, 0.29) is 11.3 Å². The molecule has 2 rings (SSSR count). The quantitative estimate of drug-likeness (QED) is 0.728. The van der Waals surface area contributed by atoms with Gasteiger partial charge in [0, 0.05) is 0 Å². The Balaban J connectivity index is 1.78. The van der Waals surface area contributed by atoms with Gasteiger partial charge in [-0.15, -0.1) is 0 Å². The van der Waals surface area contributed by atoms with Crippen molar-refractivity contribution in [3.8, 4) is 11.5 Å². The number of amides is 1. The molecule has 0 bridgehead atoms. The Hall–Kier alpha value is -2.49. The van der Waals surface area contributed by atoms with Gasteiger partial charge in [-0.25, -0.2) is 0 Å². The Morgan fingerprint density at radius 1 is 1.07 bits per heavy atom. The first-order valence-electron chi connectivity index (χ1n) is 9.42. The summed E-state index contributed by atoms with van der Waals surface area (Å²) in [6.07, 6.45) is -0.564. The van der Waals surface area contributed by atoms with Crippen LogP contribution in [0.4, 0.5) is 0 Å². The number of ether oxygens (including phenoxy) is 2. The van der Waals surface area contributed by atoms with Gasteiger partial charge >= 0.3 is 0 Å². The highest BCUT2D eigenvalue weighted by Gasteiger charge is 2.16.